The van der Waals surface area contributed by atoms with Gasteiger partial charge < -0.3 is 10.5 Å². The van der Waals surface area contributed by atoms with Gasteiger partial charge in [0.05, 0.1) is 0 Å². The third-order valence-corrected chi connectivity index (χ3v) is 3.21. The Hall–Kier alpha value is 0.270. The molecule has 1 aliphatic heterocycles. The van der Waals surface area contributed by atoms with E-state index in [-0.39, 0.29) is 5.54 Å². The molecule has 0 radical (unpaired) electrons. The third kappa shape index (κ3) is 2.15. The van der Waals surface area contributed by atoms with Gasteiger partial charge in [-0.2, -0.15) is 11.8 Å². The van der Waals surface area contributed by atoms with E-state index >= 15 is 0 Å². The molecule has 1 atom stereocenters. The molecular formula is C7H15NOS. The molecule has 0 aromatic carbocycles. The minimum Gasteiger partial charge on any atom is -0.385 e. The fourth-order valence-corrected chi connectivity index (χ4v) is 2.52. The molecule has 10 heavy (non-hydrogen) atoms. The fraction of sp³-hybridized carbons (Fsp3) is 1.00. The van der Waals surface area contributed by atoms with Gasteiger partial charge in [-0.25, -0.2) is 0 Å². The Morgan fingerprint density at radius 2 is 2.50 bits per heavy atom. The van der Waals surface area contributed by atoms with E-state index in [2.05, 4.69) is 0 Å². The summed E-state index contributed by atoms with van der Waals surface area (Å²) in [7, 11) is 1.73. The molecule has 1 unspecified atom stereocenters. The van der Waals surface area contributed by atoms with Crippen molar-refractivity contribution in [2.24, 2.45) is 5.73 Å². The first kappa shape index (κ1) is 8.37. The molecule has 1 fully saturated rings. The lowest BCUT2D eigenvalue weighted by Crippen LogP contribution is -2.40. The first-order chi connectivity index (χ1) is 4.77. The molecule has 2 nitrogen and oxygen atoms in total. The van der Waals surface area contributed by atoms with Gasteiger partial charge in [0, 0.05) is 25.0 Å². The van der Waals surface area contributed by atoms with Gasteiger partial charge >= 0.3 is 0 Å². The zero-order chi connectivity index (χ0) is 7.45. The van der Waals surface area contributed by atoms with Crippen molar-refractivity contribution < 1.29 is 4.74 Å². The second-order valence-corrected chi connectivity index (χ2v) is 4.01. The van der Waals surface area contributed by atoms with Crippen molar-refractivity contribution in [3.05, 3.63) is 0 Å². The highest BCUT2D eigenvalue weighted by molar-refractivity contribution is 7.99. The van der Waals surface area contributed by atoms with E-state index in [9.17, 15) is 0 Å². The third-order valence-electron chi connectivity index (χ3n) is 1.94. The van der Waals surface area contributed by atoms with Gasteiger partial charge in [0.25, 0.3) is 0 Å². The summed E-state index contributed by atoms with van der Waals surface area (Å²) in [5.41, 5.74) is 6.13. The maximum atomic E-state index is 6.04. The van der Waals surface area contributed by atoms with Gasteiger partial charge in [-0.05, 0) is 18.6 Å². The molecular weight excluding hydrogens is 146 g/mol. The molecule has 0 bridgehead atoms. The van der Waals surface area contributed by atoms with Crippen LogP contribution in [0.15, 0.2) is 0 Å². The predicted octanol–water partition coefficient (Wildman–Crippen LogP) is 0.857. The normalized spacial score (nSPS) is 33.0. The summed E-state index contributed by atoms with van der Waals surface area (Å²) in [6.07, 6.45) is 2.16. The Kier molecular flexibility index (Phi) is 3.01. The summed E-state index contributed by atoms with van der Waals surface area (Å²) < 4.78 is 4.98. The number of hydrogen-bond donors (Lipinski definition) is 1. The fourth-order valence-electron chi connectivity index (χ4n) is 1.13. The van der Waals surface area contributed by atoms with Crippen molar-refractivity contribution in [2.45, 2.75) is 18.4 Å². The molecule has 0 spiro atoms. The molecule has 1 saturated heterocycles. The van der Waals surface area contributed by atoms with Crippen LogP contribution in [0.3, 0.4) is 0 Å². The molecule has 0 aromatic rings. The van der Waals surface area contributed by atoms with Crippen molar-refractivity contribution >= 4 is 11.8 Å². The van der Waals surface area contributed by atoms with Crippen molar-refractivity contribution in [1.82, 2.24) is 0 Å². The monoisotopic (exact) mass is 161 g/mol. The Balaban J connectivity index is 2.22. The van der Waals surface area contributed by atoms with Crippen molar-refractivity contribution in [3.8, 4) is 0 Å². The highest BCUT2D eigenvalue weighted by Crippen LogP contribution is 2.27. The minimum atomic E-state index is 0.0840. The van der Waals surface area contributed by atoms with Crippen molar-refractivity contribution in [1.29, 1.82) is 0 Å². The van der Waals surface area contributed by atoms with Crippen LogP contribution in [0.1, 0.15) is 12.8 Å². The molecule has 2 N–H and O–H groups in total. The summed E-state index contributed by atoms with van der Waals surface area (Å²) in [5.74, 6) is 2.33. The second kappa shape index (κ2) is 3.60. The Morgan fingerprint density at radius 1 is 1.70 bits per heavy atom. The number of ether oxygens (including phenoxy) is 1. The SMILES string of the molecule is COCCC1(N)CCSC1. The average molecular weight is 161 g/mol. The van der Waals surface area contributed by atoms with Gasteiger partial charge in [-0.3, -0.25) is 0 Å². The van der Waals surface area contributed by atoms with E-state index in [0.29, 0.717) is 0 Å². The molecule has 0 saturated carbocycles. The lowest BCUT2D eigenvalue weighted by molar-refractivity contribution is 0.173. The zero-order valence-electron chi connectivity index (χ0n) is 6.43. The summed E-state index contributed by atoms with van der Waals surface area (Å²) in [4.78, 5) is 0. The molecule has 0 aliphatic carbocycles. The van der Waals surface area contributed by atoms with E-state index in [4.69, 9.17) is 10.5 Å². The van der Waals surface area contributed by atoms with Crippen LogP contribution >= 0.6 is 11.8 Å². The summed E-state index contributed by atoms with van der Waals surface area (Å²) in [6, 6.07) is 0. The lowest BCUT2D eigenvalue weighted by Gasteiger charge is -2.21. The number of nitrogens with two attached hydrogens (primary N) is 1. The minimum absolute atomic E-state index is 0.0840. The van der Waals surface area contributed by atoms with Crippen LogP contribution in [0.25, 0.3) is 0 Å². The van der Waals surface area contributed by atoms with Gasteiger partial charge in [0.15, 0.2) is 0 Å². The van der Waals surface area contributed by atoms with Crippen LogP contribution in [0.5, 0.6) is 0 Å². The standard InChI is InChI=1S/C7H15NOS/c1-9-4-2-7(8)3-5-10-6-7/h2-6,8H2,1H3. The molecule has 1 aliphatic rings. The van der Waals surface area contributed by atoms with Crippen molar-refractivity contribution in [3.63, 3.8) is 0 Å². The molecule has 1 rings (SSSR count). The molecule has 1 heterocycles. The Bertz CT molecular complexity index is 102. The summed E-state index contributed by atoms with van der Waals surface area (Å²) >= 11 is 1.95. The average Bonchev–Trinajstić information content (AvgIpc) is 2.33. The second-order valence-electron chi connectivity index (χ2n) is 2.91. The topological polar surface area (TPSA) is 35.2 Å². The number of thioether (sulfide) groups is 1. The Morgan fingerprint density at radius 3 is 3.00 bits per heavy atom. The highest BCUT2D eigenvalue weighted by Gasteiger charge is 2.28. The zero-order valence-corrected chi connectivity index (χ0v) is 7.25. The maximum absolute atomic E-state index is 6.04. The predicted molar refractivity (Wildman–Crippen MR) is 45.4 cm³/mol. The van der Waals surface area contributed by atoms with Crippen LogP contribution < -0.4 is 5.73 Å². The van der Waals surface area contributed by atoms with Crippen LogP contribution in [-0.2, 0) is 4.74 Å². The molecule has 0 aromatic heterocycles. The van der Waals surface area contributed by atoms with Gasteiger partial charge in [0.2, 0.25) is 0 Å². The molecule has 0 amide bonds. The maximum Gasteiger partial charge on any atom is 0.0480 e. The molecule has 3 heteroatoms. The van der Waals surface area contributed by atoms with E-state index in [1.165, 1.54) is 5.75 Å². The quantitative estimate of drug-likeness (QED) is 0.666. The first-order valence-electron chi connectivity index (χ1n) is 3.62. The van der Waals surface area contributed by atoms with E-state index in [0.717, 1.165) is 25.2 Å². The smallest absolute Gasteiger partial charge is 0.0480 e. The van der Waals surface area contributed by atoms with E-state index in [1.54, 1.807) is 7.11 Å². The van der Waals surface area contributed by atoms with Gasteiger partial charge in [-0.15, -0.1) is 0 Å². The van der Waals surface area contributed by atoms with E-state index in [1.807, 2.05) is 11.8 Å². The van der Waals surface area contributed by atoms with Crippen LogP contribution in [-0.4, -0.2) is 30.8 Å². The van der Waals surface area contributed by atoms with Crippen LogP contribution in [0, 0.1) is 0 Å². The number of methoxy groups -OCH3 is 1. The largest absolute Gasteiger partial charge is 0.385 e. The first-order valence-corrected chi connectivity index (χ1v) is 4.78. The van der Waals surface area contributed by atoms with Crippen LogP contribution in [0.2, 0.25) is 0 Å². The summed E-state index contributed by atoms with van der Waals surface area (Å²) in [5, 5.41) is 0. The van der Waals surface area contributed by atoms with E-state index < -0.39 is 0 Å². The van der Waals surface area contributed by atoms with Gasteiger partial charge in [-0.1, -0.05) is 0 Å². The lowest BCUT2D eigenvalue weighted by atomic mass is 9.97. The molecule has 60 valence electrons. The highest BCUT2D eigenvalue weighted by atomic mass is 32.2. The Labute approximate surface area is 66.5 Å². The number of rotatable bonds is 3. The van der Waals surface area contributed by atoms with Crippen LogP contribution in [0.4, 0.5) is 0 Å². The van der Waals surface area contributed by atoms with Crippen molar-refractivity contribution in [2.75, 3.05) is 25.2 Å². The number of hydrogen-bond acceptors (Lipinski definition) is 3. The summed E-state index contributed by atoms with van der Waals surface area (Å²) in [6.45, 7) is 0.803. The van der Waals surface area contributed by atoms with Gasteiger partial charge in [0.1, 0.15) is 0 Å².